The Morgan fingerprint density at radius 1 is 1.04 bits per heavy atom. The van der Waals surface area contributed by atoms with Gasteiger partial charge in [0.25, 0.3) is 0 Å². The Labute approximate surface area is 283 Å². The number of hydrogen-bond acceptors (Lipinski definition) is 6. The van der Waals surface area contributed by atoms with Gasteiger partial charge in [-0.1, -0.05) is 61.9 Å². The number of pyridine rings is 1. The molecular formula is C38H44N6O3S. The lowest BCUT2D eigenvalue weighted by atomic mass is 9.78. The van der Waals surface area contributed by atoms with Gasteiger partial charge in [-0.05, 0) is 103 Å². The van der Waals surface area contributed by atoms with E-state index in [2.05, 4.69) is 45.7 Å². The lowest BCUT2D eigenvalue weighted by molar-refractivity contribution is -0.119. The van der Waals surface area contributed by atoms with Gasteiger partial charge in [0.1, 0.15) is 5.52 Å². The molecule has 250 valence electrons. The molecule has 48 heavy (non-hydrogen) atoms. The van der Waals surface area contributed by atoms with Crippen LogP contribution in [0, 0.1) is 32.6 Å². The molecule has 1 amide bonds. The normalized spacial score (nSPS) is 17.4. The number of anilines is 1. The third kappa shape index (κ3) is 6.39. The van der Waals surface area contributed by atoms with Crippen LogP contribution in [0.15, 0.2) is 78.0 Å². The number of carbonyl (C=O) groups excluding carboxylic acids is 1. The minimum Gasteiger partial charge on any atom is -0.324 e. The summed E-state index contributed by atoms with van der Waals surface area (Å²) in [4.78, 5) is 18.4. The summed E-state index contributed by atoms with van der Waals surface area (Å²) in [6, 6.07) is 19.7. The smallest absolute Gasteiger partial charge is 0.243 e. The molecule has 2 aromatic heterocycles. The summed E-state index contributed by atoms with van der Waals surface area (Å²) in [7, 11) is -3.73. The molecule has 9 nitrogen and oxygen atoms in total. The van der Waals surface area contributed by atoms with Crippen LogP contribution in [0.4, 0.5) is 5.69 Å². The quantitative estimate of drug-likeness (QED) is 0.183. The minimum atomic E-state index is -3.73. The predicted octanol–water partition coefficient (Wildman–Crippen LogP) is 6.95. The third-order valence-corrected chi connectivity index (χ3v) is 11.8. The fourth-order valence-electron chi connectivity index (χ4n) is 6.97. The van der Waals surface area contributed by atoms with E-state index in [0.717, 1.165) is 62.8 Å². The maximum absolute atomic E-state index is 14.2. The van der Waals surface area contributed by atoms with Crippen LogP contribution in [-0.4, -0.2) is 45.2 Å². The predicted molar refractivity (Wildman–Crippen MR) is 189 cm³/mol. The summed E-state index contributed by atoms with van der Waals surface area (Å²) in [5, 5.41) is 11.9. The van der Waals surface area contributed by atoms with Gasteiger partial charge in [-0.2, -0.15) is 4.31 Å². The first-order chi connectivity index (χ1) is 23.0. The average Bonchev–Trinajstić information content (AvgIpc) is 3.47. The van der Waals surface area contributed by atoms with Crippen molar-refractivity contribution in [2.24, 2.45) is 11.8 Å². The molecule has 3 heterocycles. The van der Waals surface area contributed by atoms with Gasteiger partial charge < -0.3 is 5.32 Å². The number of aromatic nitrogens is 4. The molecule has 10 heteroatoms. The summed E-state index contributed by atoms with van der Waals surface area (Å²) < 4.78 is 32.0. The highest BCUT2D eigenvalue weighted by molar-refractivity contribution is 7.89. The number of benzene rings is 3. The lowest BCUT2D eigenvalue weighted by Gasteiger charge is -2.28. The van der Waals surface area contributed by atoms with Crippen molar-refractivity contribution in [2.45, 2.75) is 78.3 Å². The molecule has 0 saturated heterocycles. The van der Waals surface area contributed by atoms with Crippen molar-refractivity contribution in [1.82, 2.24) is 24.3 Å². The summed E-state index contributed by atoms with van der Waals surface area (Å²) >= 11 is 0. The Morgan fingerprint density at radius 3 is 2.58 bits per heavy atom. The number of nitrogens with one attached hydrogen (secondary N) is 1. The number of rotatable bonds is 9. The number of fused-ring (bicyclic) bond motifs is 2. The molecule has 0 spiro atoms. The first-order valence-electron chi connectivity index (χ1n) is 16.7. The monoisotopic (exact) mass is 664 g/mol. The topological polar surface area (TPSA) is 110 Å². The lowest BCUT2D eigenvalue weighted by Crippen LogP contribution is -2.33. The molecule has 0 aliphatic carbocycles. The average molecular weight is 665 g/mol. The van der Waals surface area contributed by atoms with Crippen LogP contribution < -0.4 is 5.32 Å². The standard InChI is InChI=1S/C38H44N6O3S/c1-7-28-19-29-13-11-24(3)18-35(29)48(46,47)43(22-28)23-31-20-30(14-12-25(31)4)36(27(6)38(45)40-32-10-9-17-39-21-32)33-15-16-34-37(26(33)5)41-42-44(34)8-2/h9-18,20-21,27-28,36H,7-8,19,22-23H2,1-6H3,(H,40,45)/t27-,28+,36+/m1/s1. The zero-order valence-electron chi connectivity index (χ0n) is 28.6. The van der Waals surface area contributed by atoms with Crippen LogP contribution in [0.5, 0.6) is 0 Å². The summed E-state index contributed by atoms with van der Waals surface area (Å²) in [6.45, 7) is 13.5. The molecule has 3 atom stereocenters. The van der Waals surface area contributed by atoms with E-state index in [9.17, 15) is 13.2 Å². The van der Waals surface area contributed by atoms with E-state index < -0.39 is 15.9 Å². The van der Waals surface area contributed by atoms with Gasteiger partial charge in [-0.15, -0.1) is 5.10 Å². The van der Waals surface area contributed by atoms with Gasteiger partial charge in [-0.3, -0.25) is 9.78 Å². The molecular weight excluding hydrogens is 621 g/mol. The van der Waals surface area contributed by atoms with Crippen molar-refractivity contribution in [3.05, 3.63) is 112 Å². The second-order valence-corrected chi connectivity index (χ2v) is 15.0. The molecule has 1 aliphatic rings. The Bertz CT molecular complexity index is 2080. The summed E-state index contributed by atoms with van der Waals surface area (Å²) in [6.07, 6.45) is 4.92. The second-order valence-electron chi connectivity index (χ2n) is 13.1. The Morgan fingerprint density at radius 2 is 1.85 bits per heavy atom. The molecule has 0 saturated carbocycles. The molecule has 1 N–H and O–H groups in total. The number of hydrogen-bond donors (Lipinski definition) is 1. The third-order valence-electron chi connectivity index (χ3n) is 9.93. The van der Waals surface area contributed by atoms with Crippen LogP contribution in [0.2, 0.25) is 0 Å². The van der Waals surface area contributed by atoms with E-state index in [1.165, 1.54) is 0 Å². The SMILES string of the molecule is CC[C@H]1Cc2ccc(C)cc2S(=O)(=O)N(Cc2cc([C@@H](c3ccc4c(nnn4CC)c3C)[C@@H](C)C(=O)Nc3cccnc3)ccc2C)C1. The fraction of sp³-hybridized carbons (Fsp3) is 0.368. The molecule has 3 aromatic carbocycles. The highest BCUT2D eigenvalue weighted by atomic mass is 32.2. The first kappa shape index (κ1) is 33.5. The number of nitrogens with zero attached hydrogens (tertiary/aromatic N) is 5. The first-order valence-corrected chi connectivity index (χ1v) is 18.2. The van der Waals surface area contributed by atoms with E-state index in [1.807, 2.05) is 75.7 Å². The molecule has 5 aromatic rings. The van der Waals surface area contributed by atoms with Gasteiger partial charge in [0, 0.05) is 37.7 Å². The van der Waals surface area contributed by atoms with Gasteiger partial charge >= 0.3 is 0 Å². The van der Waals surface area contributed by atoms with Crippen LogP contribution >= 0.6 is 0 Å². The highest BCUT2D eigenvalue weighted by Crippen LogP contribution is 2.38. The molecule has 6 rings (SSSR count). The maximum Gasteiger partial charge on any atom is 0.243 e. The Hall–Kier alpha value is -4.41. The van der Waals surface area contributed by atoms with E-state index >= 15 is 0 Å². The van der Waals surface area contributed by atoms with Crippen molar-refractivity contribution < 1.29 is 13.2 Å². The van der Waals surface area contributed by atoms with Crippen molar-refractivity contribution in [2.75, 3.05) is 11.9 Å². The van der Waals surface area contributed by atoms with Crippen LogP contribution in [0.25, 0.3) is 11.0 Å². The number of carbonyl (C=O) groups is 1. The molecule has 0 bridgehead atoms. The fourth-order valence-corrected chi connectivity index (χ4v) is 8.79. The highest BCUT2D eigenvalue weighted by Gasteiger charge is 2.34. The largest absolute Gasteiger partial charge is 0.324 e. The number of amides is 1. The number of sulfonamides is 1. The molecule has 0 fully saturated rings. The van der Waals surface area contributed by atoms with Crippen molar-refractivity contribution in [1.29, 1.82) is 0 Å². The van der Waals surface area contributed by atoms with Gasteiger partial charge in [0.05, 0.1) is 22.3 Å². The van der Waals surface area contributed by atoms with Crippen molar-refractivity contribution >= 4 is 32.7 Å². The Kier molecular flexibility index (Phi) is 9.49. The van der Waals surface area contributed by atoms with E-state index in [4.69, 9.17) is 0 Å². The van der Waals surface area contributed by atoms with Gasteiger partial charge in [-0.25, -0.2) is 13.1 Å². The summed E-state index contributed by atoms with van der Waals surface area (Å²) in [5.41, 5.74) is 9.00. The Balaban J connectivity index is 1.43. The molecule has 0 radical (unpaired) electrons. The van der Waals surface area contributed by atoms with Crippen molar-refractivity contribution in [3.8, 4) is 0 Å². The number of aryl methyl sites for hydroxylation is 4. The van der Waals surface area contributed by atoms with Crippen LogP contribution in [-0.2, 0) is 34.3 Å². The van der Waals surface area contributed by atoms with Gasteiger partial charge in [0.15, 0.2) is 0 Å². The van der Waals surface area contributed by atoms with E-state index in [-0.39, 0.29) is 24.3 Å². The molecule has 0 unspecified atom stereocenters. The van der Waals surface area contributed by atoms with E-state index in [0.29, 0.717) is 23.7 Å². The summed E-state index contributed by atoms with van der Waals surface area (Å²) in [5.74, 6) is -0.758. The zero-order valence-corrected chi connectivity index (χ0v) is 29.4. The van der Waals surface area contributed by atoms with Gasteiger partial charge in [0.2, 0.25) is 15.9 Å². The zero-order chi connectivity index (χ0) is 34.2. The minimum absolute atomic E-state index is 0.139. The van der Waals surface area contributed by atoms with E-state index in [1.54, 1.807) is 22.8 Å². The maximum atomic E-state index is 14.2. The van der Waals surface area contributed by atoms with Crippen LogP contribution in [0.1, 0.15) is 72.1 Å². The van der Waals surface area contributed by atoms with Crippen LogP contribution in [0.3, 0.4) is 0 Å². The molecule has 1 aliphatic heterocycles. The van der Waals surface area contributed by atoms with Crippen molar-refractivity contribution in [3.63, 3.8) is 0 Å². The second kappa shape index (κ2) is 13.6.